The van der Waals surface area contributed by atoms with Crippen LogP contribution in [0.5, 0.6) is 0 Å². The van der Waals surface area contributed by atoms with Gasteiger partial charge in [0.1, 0.15) is 5.60 Å². The fraction of sp³-hybridized carbons (Fsp3) is 0.524. The largest absolute Gasteiger partial charge is 0.358 e. The molecule has 0 saturated carbocycles. The van der Waals surface area contributed by atoms with E-state index in [0.29, 0.717) is 6.42 Å². The molecule has 5 aliphatic rings. The maximum atomic E-state index is 13.3. The molecule has 6 rings (SSSR count). The molecule has 1 spiro atoms. The third kappa shape index (κ3) is 1.61. The van der Waals surface area contributed by atoms with Crippen molar-refractivity contribution in [3.8, 4) is 0 Å². The van der Waals surface area contributed by atoms with Gasteiger partial charge >= 0.3 is 0 Å². The molecule has 5 nitrogen and oxygen atoms in total. The second-order valence-corrected chi connectivity index (χ2v) is 8.58. The van der Waals surface area contributed by atoms with Crippen molar-refractivity contribution in [2.24, 2.45) is 5.92 Å². The SMILES string of the molecule is C[C@]12C=C[C@@]3(O1)[C@@H]1C[C@H](N4CCCC4=O)c4ccccc4N1C(=O)[C@@H]3C2. The number of ether oxygens (including phenoxy) is 1. The van der Waals surface area contributed by atoms with Crippen LogP contribution >= 0.6 is 0 Å². The lowest BCUT2D eigenvalue weighted by atomic mass is 9.76. The number of nitrogens with zero attached hydrogens (tertiary/aromatic N) is 2. The van der Waals surface area contributed by atoms with Gasteiger partial charge in [-0.3, -0.25) is 9.59 Å². The van der Waals surface area contributed by atoms with Crippen LogP contribution in [0.25, 0.3) is 0 Å². The molecule has 1 aromatic rings. The minimum Gasteiger partial charge on any atom is -0.358 e. The molecule has 5 atom stereocenters. The Kier molecular flexibility index (Phi) is 2.63. The Labute approximate surface area is 152 Å². The molecule has 1 aromatic carbocycles. The molecule has 2 amide bonds. The first-order valence-corrected chi connectivity index (χ1v) is 9.64. The minimum atomic E-state index is -0.527. The predicted octanol–water partition coefficient (Wildman–Crippen LogP) is 2.57. The Balaban J connectivity index is 1.51. The zero-order valence-electron chi connectivity index (χ0n) is 14.9. The Hall–Kier alpha value is -2.14. The van der Waals surface area contributed by atoms with E-state index in [-0.39, 0.29) is 35.4 Å². The maximum Gasteiger partial charge on any atom is 0.233 e. The fourth-order valence-corrected chi connectivity index (χ4v) is 6.05. The van der Waals surface area contributed by atoms with Gasteiger partial charge < -0.3 is 14.5 Å². The second-order valence-electron chi connectivity index (χ2n) is 8.58. The van der Waals surface area contributed by atoms with Crippen LogP contribution in [-0.2, 0) is 14.3 Å². The zero-order valence-corrected chi connectivity index (χ0v) is 14.9. The van der Waals surface area contributed by atoms with Crippen LogP contribution in [0.15, 0.2) is 36.4 Å². The number of para-hydroxylation sites is 1. The first-order valence-electron chi connectivity index (χ1n) is 9.64. The Morgan fingerprint density at radius 2 is 2.04 bits per heavy atom. The number of hydrogen-bond acceptors (Lipinski definition) is 3. The highest BCUT2D eigenvalue weighted by atomic mass is 16.5. The fourth-order valence-electron chi connectivity index (χ4n) is 6.05. The number of amides is 2. The van der Waals surface area contributed by atoms with Gasteiger partial charge in [-0.1, -0.05) is 30.4 Å². The van der Waals surface area contributed by atoms with E-state index in [4.69, 9.17) is 4.74 Å². The Bertz CT molecular complexity index is 880. The molecule has 3 saturated heterocycles. The molecule has 0 aromatic heterocycles. The van der Waals surface area contributed by atoms with E-state index >= 15 is 0 Å². The van der Waals surface area contributed by atoms with Gasteiger partial charge in [0.2, 0.25) is 11.8 Å². The molecule has 0 N–H and O–H groups in total. The molecule has 5 heterocycles. The number of anilines is 1. The second kappa shape index (κ2) is 4.58. The number of carbonyl (C=O) groups is 2. The van der Waals surface area contributed by atoms with Crippen molar-refractivity contribution in [3.05, 3.63) is 42.0 Å². The maximum absolute atomic E-state index is 13.3. The lowest BCUT2D eigenvalue weighted by Crippen LogP contribution is -2.51. The highest BCUT2D eigenvalue weighted by molar-refractivity contribution is 6.02. The molecule has 0 radical (unpaired) electrons. The van der Waals surface area contributed by atoms with Crippen LogP contribution in [0, 0.1) is 5.92 Å². The summed E-state index contributed by atoms with van der Waals surface area (Å²) in [5.74, 6) is 0.307. The summed E-state index contributed by atoms with van der Waals surface area (Å²) in [5.41, 5.74) is 1.23. The summed E-state index contributed by atoms with van der Waals surface area (Å²) in [6.07, 6.45) is 7.34. The number of likely N-dealkylation sites (tertiary alicyclic amines) is 1. The number of hydrogen-bond donors (Lipinski definition) is 0. The van der Waals surface area contributed by atoms with Crippen molar-refractivity contribution in [1.29, 1.82) is 0 Å². The van der Waals surface area contributed by atoms with Crippen LogP contribution in [-0.4, -0.2) is 40.5 Å². The van der Waals surface area contributed by atoms with Crippen LogP contribution in [0.4, 0.5) is 5.69 Å². The van der Waals surface area contributed by atoms with Gasteiger partial charge in [0.25, 0.3) is 0 Å². The quantitative estimate of drug-likeness (QED) is 0.732. The average Bonchev–Trinajstić information content (AvgIpc) is 3.34. The third-order valence-corrected chi connectivity index (χ3v) is 7.12. The van der Waals surface area contributed by atoms with Crippen molar-refractivity contribution >= 4 is 17.5 Å². The van der Waals surface area contributed by atoms with E-state index in [1.54, 1.807) is 0 Å². The zero-order chi connectivity index (χ0) is 17.7. The lowest BCUT2D eigenvalue weighted by Gasteiger charge is -2.44. The summed E-state index contributed by atoms with van der Waals surface area (Å²) < 4.78 is 6.49. The monoisotopic (exact) mass is 350 g/mol. The van der Waals surface area contributed by atoms with Crippen LogP contribution in [0.3, 0.4) is 0 Å². The molecule has 2 bridgehead atoms. The summed E-state index contributed by atoms with van der Waals surface area (Å²) in [6.45, 7) is 2.88. The van der Waals surface area contributed by atoms with Gasteiger partial charge in [-0.25, -0.2) is 0 Å². The van der Waals surface area contributed by atoms with E-state index in [9.17, 15) is 9.59 Å². The van der Waals surface area contributed by atoms with Gasteiger partial charge in [-0.2, -0.15) is 0 Å². The molecule has 5 heteroatoms. The highest BCUT2D eigenvalue weighted by Gasteiger charge is 2.70. The molecule has 26 heavy (non-hydrogen) atoms. The minimum absolute atomic E-state index is 0.0334. The standard InChI is InChI=1S/C21H22N2O3/c1-20-8-9-21(26-20)14(12-20)19(25)23-15-6-3-2-5-13(15)16(11-17(21)23)22-10-4-7-18(22)24/h2-3,5-6,8-9,14,16-17H,4,7,10-12H2,1H3/t14-,16-,17-,20+,21-/m0/s1. The Morgan fingerprint density at radius 3 is 2.81 bits per heavy atom. The highest BCUT2D eigenvalue weighted by Crippen LogP contribution is 2.60. The first kappa shape index (κ1) is 15.0. The van der Waals surface area contributed by atoms with E-state index in [1.807, 2.05) is 28.0 Å². The van der Waals surface area contributed by atoms with Crippen LogP contribution in [0.1, 0.15) is 44.2 Å². The summed E-state index contributed by atoms with van der Waals surface area (Å²) in [5, 5.41) is 0. The number of rotatable bonds is 1. The molecule has 3 fully saturated rings. The summed E-state index contributed by atoms with van der Waals surface area (Å²) in [7, 11) is 0. The van der Waals surface area contributed by atoms with Crippen LogP contribution in [0.2, 0.25) is 0 Å². The van der Waals surface area contributed by atoms with E-state index in [0.717, 1.165) is 37.1 Å². The molecule has 0 unspecified atom stereocenters. The van der Waals surface area contributed by atoms with Gasteiger partial charge in [0.05, 0.1) is 23.6 Å². The van der Waals surface area contributed by atoms with E-state index < -0.39 is 5.60 Å². The first-order chi connectivity index (χ1) is 12.5. The summed E-state index contributed by atoms with van der Waals surface area (Å²) in [6, 6.07) is 8.11. The molecular weight excluding hydrogens is 328 g/mol. The average molecular weight is 350 g/mol. The van der Waals surface area contributed by atoms with Crippen molar-refractivity contribution in [3.63, 3.8) is 0 Å². The summed E-state index contributed by atoms with van der Waals surface area (Å²) in [4.78, 5) is 29.8. The Morgan fingerprint density at radius 1 is 1.19 bits per heavy atom. The lowest BCUT2D eigenvalue weighted by molar-refractivity contribution is -0.130. The van der Waals surface area contributed by atoms with E-state index in [1.165, 1.54) is 0 Å². The topological polar surface area (TPSA) is 49.9 Å². The molecule has 0 aliphatic carbocycles. The van der Waals surface area contributed by atoms with Crippen LogP contribution < -0.4 is 4.90 Å². The van der Waals surface area contributed by atoms with Crippen molar-refractivity contribution in [2.45, 2.75) is 55.9 Å². The van der Waals surface area contributed by atoms with Crippen molar-refractivity contribution in [2.75, 3.05) is 11.4 Å². The number of benzene rings is 1. The van der Waals surface area contributed by atoms with Gasteiger partial charge in [0, 0.05) is 18.7 Å². The molecular formula is C21H22N2O3. The summed E-state index contributed by atoms with van der Waals surface area (Å²) >= 11 is 0. The van der Waals surface area contributed by atoms with Gasteiger partial charge in [-0.05, 0) is 37.8 Å². The normalized spacial score (nSPS) is 42.4. The van der Waals surface area contributed by atoms with Crippen molar-refractivity contribution in [1.82, 2.24) is 4.90 Å². The molecule has 134 valence electrons. The van der Waals surface area contributed by atoms with Crippen molar-refractivity contribution < 1.29 is 14.3 Å². The molecule has 5 aliphatic heterocycles. The number of carbonyl (C=O) groups excluding carboxylic acids is 2. The predicted molar refractivity (Wildman–Crippen MR) is 95.5 cm³/mol. The smallest absolute Gasteiger partial charge is 0.233 e. The van der Waals surface area contributed by atoms with Gasteiger partial charge in [-0.15, -0.1) is 0 Å². The van der Waals surface area contributed by atoms with Gasteiger partial charge in [0.15, 0.2) is 0 Å². The number of fused-ring (bicyclic) bond motifs is 4. The van der Waals surface area contributed by atoms with E-state index in [2.05, 4.69) is 25.1 Å². The third-order valence-electron chi connectivity index (χ3n) is 7.12.